The number of ether oxygens (including phenoxy) is 2. The quantitative estimate of drug-likeness (QED) is 0.382. The average molecular weight is 287 g/mol. The van der Waals surface area contributed by atoms with Crippen LogP contribution in [0.15, 0.2) is 0 Å². The summed E-state index contributed by atoms with van der Waals surface area (Å²) in [5.41, 5.74) is 0. The van der Waals surface area contributed by atoms with E-state index in [0.29, 0.717) is 19.3 Å². The first kappa shape index (κ1) is 16.6. The molecule has 7 heteroatoms. The molecule has 0 spiro atoms. The lowest BCUT2D eigenvalue weighted by Crippen LogP contribution is -2.48. The van der Waals surface area contributed by atoms with E-state index in [4.69, 9.17) is 14.6 Å². The molecule has 0 radical (unpaired) electrons. The predicted octanol–water partition coefficient (Wildman–Crippen LogP) is 0.769. The van der Waals surface area contributed by atoms with Gasteiger partial charge in [-0.2, -0.15) is 0 Å². The zero-order valence-electron chi connectivity index (χ0n) is 11.9. The van der Waals surface area contributed by atoms with Crippen LogP contribution in [0, 0.1) is 0 Å². The van der Waals surface area contributed by atoms with Crippen LogP contribution in [0.2, 0.25) is 0 Å². The molecule has 114 valence electrons. The summed E-state index contributed by atoms with van der Waals surface area (Å²) in [6, 6.07) is 0. The number of hydrogen-bond donors (Lipinski definition) is 1. The number of hydrogen-bond acceptors (Lipinski definition) is 5. The van der Waals surface area contributed by atoms with Gasteiger partial charge in [0.05, 0.1) is 6.54 Å². The molecule has 0 bridgehead atoms. The Morgan fingerprint density at radius 2 is 1.75 bits per heavy atom. The van der Waals surface area contributed by atoms with Crippen LogP contribution in [-0.2, 0) is 23.9 Å². The molecule has 0 atom stereocenters. The maximum atomic E-state index is 11.6. The first-order valence-electron chi connectivity index (χ1n) is 6.59. The van der Waals surface area contributed by atoms with Crippen molar-refractivity contribution in [3.8, 4) is 0 Å². The normalized spacial score (nSPS) is 16.0. The van der Waals surface area contributed by atoms with E-state index in [-0.39, 0.29) is 37.6 Å². The number of methoxy groups -OCH3 is 2. The molecule has 1 aliphatic heterocycles. The molecule has 1 heterocycles. The maximum Gasteiger partial charge on any atom is 0.303 e. The zero-order chi connectivity index (χ0) is 15.2. The molecule has 1 N–H and O–H groups in total. The predicted molar refractivity (Wildman–Crippen MR) is 68.8 cm³/mol. The molecule has 0 aromatic rings. The number of likely N-dealkylation sites (tertiary alicyclic amines) is 1. The molecule has 0 aliphatic carbocycles. The van der Waals surface area contributed by atoms with E-state index in [2.05, 4.69) is 0 Å². The molecule has 0 aromatic heterocycles. The number of imide groups is 1. The number of carbonyl (C=O) groups excluding carboxylic acids is 2. The van der Waals surface area contributed by atoms with Gasteiger partial charge in [-0.25, -0.2) is 0 Å². The topological polar surface area (TPSA) is 93.1 Å². The summed E-state index contributed by atoms with van der Waals surface area (Å²) in [6.07, 6.45) is 2.01. The highest BCUT2D eigenvalue weighted by molar-refractivity contribution is 6.01. The Balaban J connectivity index is 2.59. The van der Waals surface area contributed by atoms with Crippen LogP contribution < -0.4 is 0 Å². The van der Waals surface area contributed by atoms with Gasteiger partial charge in [0.1, 0.15) is 0 Å². The van der Waals surface area contributed by atoms with Crippen LogP contribution in [0.4, 0.5) is 0 Å². The number of carboxylic acid groups (broad SMARTS) is 1. The molecular weight excluding hydrogens is 266 g/mol. The van der Waals surface area contributed by atoms with Crippen molar-refractivity contribution in [3.05, 3.63) is 0 Å². The van der Waals surface area contributed by atoms with Crippen LogP contribution in [0.1, 0.15) is 38.5 Å². The van der Waals surface area contributed by atoms with Gasteiger partial charge in [0.25, 0.3) is 0 Å². The third-order valence-electron chi connectivity index (χ3n) is 3.50. The van der Waals surface area contributed by atoms with Gasteiger partial charge in [0.15, 0.2) is 5.79 Å². The van der Waals surface area contributed by atoms with E-state index in [1.54, 1.807) is 0 Å². The summed E-state index contributed by atoms with van der Waals surface area (Å²) in [5, 5.41) is 8.60. The molecule has 0 unspecified atom stereocenters. The first-order chi connectivity index (χ1) is 9.44. The molecule has 1 fully saturated rings. The summed E-state index contributed by atoms with van der Waals surface area (Å²) in [5.74, 6) is -2.36. The molecule has 1 rings (SSSR count). The Morgan fingerprint density at radius 1 is 1.20 bits per heavy atom. The van der Waals surface area contributed by atoms with Gasteiger partial charge in [-0.1, -0.05) is 0 Å². The summed E-state index contributed by atoms with van der Waals surface area (Å²) in [6.45, 7) is 0.0464. The van der Waals surface area contributed by atoms with Crippen molar-refractivity contribution in [1.82, 2.24) is 4.90 Å². The molecule has 2 amide bonds. The van der Waals surface area contributed by atoms with E-state index >= 15 is 0 Å². The monoisotopic (exact) mass is 287 g/mol. The van der Waals surface area contributed by atoms with Crippen LogP contribution in [0.25, 0.3) is 0 Å². The van der Waals surface area contributed by atoms with Crippen molar-refractivity contribution < 1.29 is 29.0 Å². The number of carboxylic acids is 1. The van der Waals surface area contributed by atoms with Gasteiger partial charge in [-0.15, -0.1) is 0 Å². The smallest absolute Gasteiger partial charge is 0.303 e. The molecule has 1 aliphatic rings. The lowest BCUT2D eigenvalue weighted by Gasteiger charge is -2.33. The molecular formula is C13H21NO6. The van der Waals surface area contributed by atoms with Crippen LogP contribution >= 0.6 is 0 Å². The van der Waals surface area contributed by atoms with Gasteiger partial charge >= 0.3 is 5.97 Å². The Morgan fingerprint density at radius 3 is 2.20 bits per heavy atom. The third-order valence-corrected chi connectivity index (χ3v) is 3.50. The van der Waals surface area contributed by atoms with Crippen molar-refractivity contribution in [3.63, 3.8) is 0 Å². The van der Waals surface area contributed by atoms with E-state index in [1.807, 2.05) is 0 Å². The lowest BCUT2D eigenvalue weighted by atomic mass is 10.1. The van der Waals surface area contributed by atoms with Crippen LogP contribution in [0.5, 0.6) is 0 Å². The van der Waals surface area contributed by atoms with Crippen LogP contribution in [0.3, 0.4) is 0 Å². The Bertz CT molecular complexity index is 361. The van der Waals surface area contributed by atoms with Gasteiger partial charge in [0.2, 0.25) is 11.8 Å². The number of amides is 2. The summed E-state index contributed by atoms with van der Waals surface area (Å²) >= 11 is 0. The highest BCUT2D eigenvalue weighted by atomic mass is 16.7. The fourth-order valence-electron chi connectivity index (χ4n) is 2.21. The molecule has 0 saturated carbocycles. The van der Waals surface area contributed by atoms with Crippen molar-refractivity contribution in [2.24, 2.45) is 0 Å². The second kappa shape index (κ2) is 7.35. The first-order valence-corrected chi connectivity index (χ1v) is 6.59. The van der Waals surface area contributed by atoms with E-state index in [9.17, 15) is 14.4 Å². The summed E-state index contributed by atoms with van der Waals surface area (Å²) in [4.78, 5) is 34.9. The third kappa shape index (κ3) is 4.28. The SMILES string of the molecule is COC(CCCCC(=O)O)(CN1C(=O)CCC1=O)OC. The minimum Gasteiger partial charge on any atom is -0.481 e. The Labute approximate surface area is 117 Å². The zero-order valence-corrected chi connectivity index (χ0v) is 11.9. The fourth-order valence-corrected chi connectivity index (χ4v) is 2.21. The van der Waals surface area contributed by atoms with E-state index in [0.717, 1.165) is 4.90 Å². The van der Waals surface area contributed by atoms with Gasteiger partial charge in [-0.05, 0) is 12.8 Å². The van der Waals surface area contributed by atoms with Crippen LogP contribution in [-0.4, -0.2) is 54.3 Å². The largest absolute Gasteiger partial charge is 0.481 e. The minimum absolute atomic E-state index is 0.0464. The number of unbranched alkanes of at least 4 members (excludes halogenated alkanes) is 1. The maximum absolute atomic E-state index is 11.6. The summed E-state index contributed by atoms with van der Waals surface area (Å²) < 4.78 is 10.7. The highest BCUT2D eigenvalue weighted by Crippen LogP contribution is 2.24. The molecule has 0 aromatic carbocycles. The van der Waals surface area contributed by atoms with Crippen molar-refractivity contribution >= 4 is 17.8 Å². The van der Waals surface area contributed by atoms with Gasteiger partial charge in [-0.3, -0.25) is 19.3 Å². The van der Waals surface area contributed by atoms with Crippen molar-refractivity contribution in [2.45, 2.75) is 44.3 Å². The van der Waals surface area contributed by atoms with Crippen molar-refractivity contribution in [2.75, 3.05) is 20.8 Å². The Kier molecular flexibility index (Phi) is 6.09. The van der Waals surface area contributed by atoms with E-state index < -0.39 is 11.8 Å². The second-order valence-electron chi connectivity index (χ2n) is 4.79. The Hall–Kier alpha value is -1.47. The number of nitrogens with zero attached hydrogens (tertiary/aromatic N) is 1. The number of carbonyl (C=O) groups is 3. The van der Waals surface area contributed by atoms with E-state index in [1.165, 1.54) is 14.2 Å². The van der Waals surface area contributed by atoms with Gasteiger partial charge < -0.3 is 14.6 Å². The summed E-state index contributed by atoms with van der Waals surface area (Å²) in [7, 11) is 2.90. The number of rotatable bonds is 9. The highest BCUT2D eigenvalue weighted by Gasteiger charge is 2.38. The molecule has 7 nitrogen and oxygen atoms in total. The van der Waals surface area contributed by atoms with Gasteiger partial charge in [0, 0.05) is 39.9 Å². The second-order valence-corrected chi connectivity index (χ2v) is 4.79. The standard InChI is InChI=1S/C13H21NO6/c1-19-13(20-2,8-4-3-5-12(17)18)9-14-10(15)6-7-11(14)16/h3-9H2,1-2H3,(H,17,18). The average Bonchev–Trinajstić information content (AvgIpc) is 2.73. The minimum atomic E-state index is -1.06. The number of aliphatic carboxylic acids is 1. The molecule has 1 saturated heterocycles. The molecule has 20 heavy (non-hydrogen) atoms. The lowest BCUT2D eigenvalue weighted by molar-refractivity contribution is -0.220. The fraction of sp³-hybridized carbons (Fsp3) is 0.769. The van der Waals surface area contributed by atoms with Crippen molar-refractivity contribution in [1.29, 1.82) is 0 Å².